The number of hydrogen-bond donors (Lipinski definition) is 1. The van der Waals surface area contributed by atoms with Crippen molar-refractivity contribution in [1.29, 1.82) is 5.26 Å². The first-order chi connectivity index (χ1) is 19.5. The highest BCUT2D eigenvalue weighted by Crippen LogP contribution is 2.35. The predicted octanol–water partition coefficient (Wildman–Crippen LogP) is 6.28. The molecule has 2 aromatic heterocycles. The van der Waals surface area contributed by atoms with Crippen LogP contribution in [0.3, 0.4) is 0 Å². The second-order valence-corrected chi connectivity index (χ2v) is 9.68. The van der Waals surface area contributed by atoms with Crippen molar-refractivity contribution < 1.29 is 19.1 Å². The maximum atomic E-state index is 14.0. The number of hydrogen-bond acceptors (Lipinski definition) is 8. The van der Waals surface area contributed by atoms with Crippen molar-refractivity contribution in [3.63, 3.8) is 0 Å². The Morgan fingerprint density at radius 3 is 2.00 bits per heavy atom. The largest absolute Gasteiger partial charge is 0.497 e. The Morgan fingerprint density at radius 1 is 0.875 bits per heavy atom. The van der Waals surface area contributed by atoms with Crippen LogP contribution in [0.4, 0.5) is 11.5 Å². The minimum atomic E-state index is -0.632. The maximum Gasteiger partial charge on any atom is 0.266 e. The molecule has 0 aliphatic carbocycles. The summed E-state index contributed by atoms with van der Waals surface area (Å²) >= 11 is 1.58. The zero-order valence-corrected chi connectivity index (χ0v) is 22.6. The van der Waals surface area contributed by atoms with Gasteiger partial charge in [-0.05, 0) is 66.0 Å². The summed E-state index contributed by atoms with van der Waals surface area (Å²) in [4.78, 5) is 34.7. The van der Waals surface area contributed by atoms with Gasteiger partial charge in [0.15, 0.2) is 5.82 Å². The number of rotatable bonds is 8. The van der Waals surface area contributed by atoms with Crippen LogP contribution in [-0.2, 0) is 6.54 Å². The van der Waals surface area contributed by atoms with Crippen LogP contribution in [0.5, 0.6) is 11.5 Å². The fourth-order valence-electron chi connectivity index (χ4n) is 4.25. The van der Waals surface area contributed by atoms with Crippen molar-refractivity contribution in [2.24, 2.45) is 0 Å². The molecule has 2 heterocycles. The molecule has 40 heavy (non-hydrogen) atoms. The molecule has 0 fully saturated rings. The van der Waals surface area contributed by atoms with E-state index < -0.39 is 11.8 Å². The highest BCUT2D eigenvalue weighted by Gasteiger charge is 2.31. The van der Waals surface area contributed by atoms with Gasteiger partial charge >= 0.3 is 0 Å². The second-order valence-electron chi connectivity index (χ2n) is 8.65. The topological polar surface area (TPSA) is 105 Å². The number of carbonyl (C=O) groups is 2. The summed E-state index contributed by atoms with van der Waals surface area (Å²) in [5, 5.41) is 16.4. The number of nitrogens with zero attached hydrogens (tertiary/aromatic N) is 3. The van der Waals surface area contributed by atoms with E-state index in [-0.39, 0.29) is 22.5 Å². The third kappa shape index (κ3) is 5.21. The molecule has 0 radical (unpaired) electrons. The first kappa shape index (κ1) is 26.4. The molecular weight excluding hydrogens is 524 g/mol. The summed E-state index contributed by atoms with van der Waals surface area (Å²) in [5.41, 5.74) is 1.56. The van der Waals surface area contributed by atoms with E-state index in [1.165, 1.54) is 14.2 Å². The van der Waals surface area contributed by atoms with Crippen LogP contribution in [0, 0.1) is 11.3 Å². The van der Waals surface area contributed by atoms with Gasteiger partial charge in [-0.15, -0.1) is 11.3 Å². The zero-order chi connectivity index (χ0) is 28.1. The molecule has 0 spiro atoms. The molecular formula is C31H24N4O4S. The van der Waals surface area contributed by atoms with E-state index in [9.17, 15) is 14.9 Å². The molecule has 0 atom stereocenters. The molecule has 0 saturated heterocycles. The van der Waals surface area contributed by atoms with Crippen LogP contribution in [0.1, 0.15) is 31.2 Å². The van der Waals surface area contributed by atoms with Gasteiger partial charge in [-0.3, -0.25) is 9.59 Å². The van der Waals surface area contributed by atoms with Gasteiger partial charge in [0.1, 0.15) is 23.1 Å². The van der Waals surface area contributed by atoms with Crippen molar-refractivity contribution in [1.82, 2.24) is 4.98 Å². The van der Waals surface area contributed by atoms with E-state index in [1.807, 2.05) is 35.7 Å². The predicted molar refractivity (Wildman–Crippen MR) is 155 cm³/mol. The number of nitrogens with one attached hydrogen (secondary N) is 1. The number of aromatic nitrogens is 1. The van der Waals surface area contributed by atoms with E-state index in [2.05, 4.69) is 16.4 Å². The summed E-state index contributed by atoms with van der Waals surface area (Å²) in [6, 6.07) is 26.3. The van der Waals surface area contributed by atoms with Crippen LogP contribution in [-0.4, -0.2) is 31.0 Å². The summed E-state index contributed by atoms with van der Waals surface area (Å²) in [6.45, 7) is 0.457. The van der Waals surface area contributed by atoms with E-state index in [0.29, 0.717) is 34.6 Å². The number of anilines is 2. The lowest BCUT2D eigenvalue weighted by Gasteiger charge is -2.24. The fourth-order valence-corrected chi connectivity index (χ4v) is 4.89. The number of carbonyl (C=O) groups excluding carboxylic acids is 2. The molecule has 0 unspecified atom stereocenters. The third-order valence-corrected chi connectivity index (χ3v) is 7.17. The lowest BCUT2D eigenvalue weighted by molar-refractivity contribution is 0.0896. The van der Waals surface area contributed by atoms with Gasteiger partial charge in [0.05, 0.1) is 25.4 Å². The van der Waals surface area contributed by atoms with Gasteiger partial charge in [0.25, 0.3) is 11.8 Å². The molecule has 3 aromatic carbocycles. The molecule has 9 heteroatoms. The molecule has 0 aliphatic heterocycles. The van der Waals surface area contributed by atoms with E-state index in [4.69, 9.17) is 9.47 Å². The number of thiophene rings is 1. The third-order valence-electron chi connectivity index (χ3n) is 6.30. The monoisotopic (exact) mass is 548 g/mol. The summed E-state index contributed by atoms with van der Waals surface area (Å²) < 4.78 is 10.4. The Morgan fingerprint density at radius 2 is 1.48 bits per heavy atom. The summed E-state index contributed by atoms with van der Waals surface area (Å²) in [5.74, 6) is -0.201. The highest BCUT2D eigenvalue weighted by atomic mass is 32.1. The van der Waals surface area contributed by atoms with Gasteiger partial charge in [-0.25, -0.2) is 9.88 Å². The van der Waals surface area contributed by atoms with Crippen LogP contribution in [0.15, 0.2) is 90.3 Å². The summed E-state index contributed by atoms with van der Waals surface area (Å²) in [7, 11) is 3.05. The quantitative estimate of drug-likeness (QED) is 0.227. The maximum absolute atomic E-state index is 14.0. The number of methoxy groups -OCH3 is 2. The van der Waals surface area contributed by atoms with E-state index in [0.717, 1.165) is 9.78 Å². The number of ether oxygens (including phenoxy) is 2. The van der Waals surface area contributed by atoms with Crippen LogP contribution in [0.25, 0.3) is 10.9 Å². The van der Waals surface area contributed by atoms with E-state index >= 15 is 0 Å². The Labute approximate surface area is 235 Å². The number of pyridine rings is 1. The van der Waals surface area contributed by atoms with Crippen molar-refractivity contribution >= 4 is 45.6 Å². The van der Waals surface area contributed by atoms with Crippen molar-refractivity contribution in [2.45, 2.75) is 6.54 Å². The highest BCUT2D eigenvalue weighted by molar-refractivity contribution is 7.09. The second kappa shape index (κ2) is 11.7. The average Bonchev–Trinajstić information content (AvgIpc) is 3.53. The number of para-hydroxylation sites is 1. The Balaban J connectivity index is 1.69. The van der Waals surface area contributed by atoms with E-state index in [1.54, 1.807) is 65.9 Å². The SMILES string of the molecule is COc1ccc(C(=O)N(C(=O)c2ccc(OC)cc2)c2nc3ccccc3c(NCc3cccs3)c2C#N)cc1. The molecule has 8 nitrogen and oxygen atoms in total. The zero-order valence-electron chi connectivity index (χ0n) is 21.8. The molecule has 0 saturated carbocycles. The van der Waals surface area contributed by atoms with Crippen LogP contribution >= 0.6 is 11.3 Å². The Hall–Kier alpha value is -5.20. The number of nitriles is 1. The number of fused-ring (bicyclic) bond motifs is 1. The Kier molecular flexibility index (Phi) is 7.71. The molecule has 1 N–H and O–H groups in total. The first-order valence-electron chi connectivity index (χ1n) is 12.3. The van der Waals surface area contributed by atoms with Gasteiger partial charge in [-0.1, -0.05) is 24.3 Å². The molecule has 2 amide bonds. The number of imide groups is 1. The lowest BCUT2D eigenvalue weighted by atomic mass is 10.1. The standard InChI is InChI=1S/C31H24N4O4S/c1-38-22-13-9-20(10-14-22)30(36)35(31(37)21-11-15-23(39-2)16-12-21)29-26(18-32)28(33-19-24-6-5-17-40-24)25-7-3-4-8-27(25)34-29/h3-17H,19H2,1-2H3,(H,33,34). The lowest BCUT2D eigenvalue weighted by Crippen LogP contribution is -2.38. The van der Waals surface area contributed by atoms with Crippen LogP contribution in [0.2, 0.25) is 0 Å². The Bertz CT molecular complexity index is 1650. The average molecular weight is 549 g/mol. The van der Waals surface area contributed by atoms with Gasteiger partial charge in [0, 0.05) is 27.9 Å². The fraction of sp³-hybridized carbons (Fsp3) is 0.0968. The van der Waals surface area contributed by atoms with Crippen molar-refractivity contribution in [3.05, 3.63) is 112 Å². The minimum absolute atomic E-state index is 0.0588. The molecule has 198 valence electrons. The molecule has 5 rings (SSSR count). The number of amides is 2. The first-order valence-corrected chi connectivity index (χ1v) is 13.2. The molecule has 0 aliphatic rings. The molecule has 5 aromatic rings. The number of benzene rings is 3. The van der Waals surface area contributed by atoms with Crippen molar-refractivity contribution in [3.8, 4) is 17.6 Å². The molecule has 0 bridgehead atoms. The van der Waals surface area contributed by atoms with Gasteiger partial charge < -0.3 is 14.8 Å². The van der Waals surface area contributed by atoms with Crippen molar-refractivity contribution in [2.75, 3.05) is 24.4 Å². The van der Waals surface area contributed by atoms with Gasteiger partial charge in [-0.2, -0.15) is 5.26 Å². The van der Waals surface area contributed by atoms with Crippen LogP contribution < -0.4 is 19.7 Å². The smallest absolute Gasteiger partial charge is 0.266 e. The minimum Gasteiger partial charge on any atom is -0.497 e. The van der Waals surface area contributed by atoms with Gasteiger partial charge in [0.2, 0.25) is 0 Å². The normalized spacial score (nSPS) is 10.5. The summed E-state index contributed by atoms with van der Waals surface area (Å²) in [6.07, 6.45) is 0.